The zero-order valence-corrected chi connectivity index (χ0v) is 18.6. The lowest BCUT2D eigenvalue weighted by Gasteiger charge is -2.34. The summed E-state index contributed by atoms with van der Waals surface area (Å²) in [5, 5.41) is 2.95. The van der Waals surface area contributed by atoms with E-state index in [-0.39, 0.29) is 5.91 Å². The maximum Gasteiger partial charge on any atom is 0.251 e. The van der Waals surface area contributed by atoms with E-state index in [0.717, 1.165) is 24.0 Å². The fourth-order valence-corrected chi connectivity index (χ4v) is 4.96. The Morgan fingerprint density at radius 3 is 2.40 bits per heavy atom. The number of carbonyl (C=O) groups excluding carboxylic acids is 1. The third-order valence-corrected chi connectivity index (χ3v) is 7.31. The first-order chi connectivity index (χ1) is 14.4. The summed E-state index contributed by atoms with van der Waals surface area (Å²) in [4.78, 5) is 14.9. The molecule has 0 atom stereocenters. The van der Waals surface area contributed by atoms with Crippen LogP contribution >= 0.6 is 0 Å². The number of nitrogens with one attached hydrogen (secondary N) is 1. The zero-order chi connectivity index (χ0) is 21.6. The average molecular weight is 430 g/mol. The highest BCUT2D eigenvalue weighted by atomic mass is 32.2. The van der Waals surface area contributed by atoms with E-state index in [0.29, 0.717) is 49.7 Å². The standard InChI is InChI=1S/C23H31N3O3S/c1-3-4-12-24-23(27)21-7-5-6-20(17-21)18-25-13-15-26(16-14-25)30(28,29)22-10-8-19(2)9-11-22/h5-11,17H,3-4,12-16,18H2,1-2H3,(H,24,27). The molecule has 1 amide bonds. The van der Waals surface area contributed by atoms with E-state index in [9.17, 15) is 13.2 Å². The van der Waals surface area contributed by atoms with Crippen LogP contribution in [-0.2, 0) is 16.6 Å². The number of aryl methyl sites for hydroxylation is 1. The fourth-order valence-electron chi connectivity index (χ4n) is 3.54. The monoisotopic (exact) mass is 429 g/mol. The maximum absolute atomic E-state index is 12.9. The molecule has 0 saturated carbocycles. The van der Waals surface area contributed by atoms with Crippen LogP contribution in [0.25, 0.3) is 0 Å². The highest BCUT2D eigenvalue weighted by Crippen LogP contribution is 2.19. The number of sulfonamides is 1. The van der Waals surface area contributed by atoms with E-state index in [4.69, 9.17) is 0 Å². The normalized spacial score (nSPS) is 15.8. The summed E-state index contributed by atoms with van der Waals surface area (Å²) in [6, 6.07) is 14.7. The van der Waals surface area contributed by atoms with Gasteiger partial charge in [-0.25, -0.2) is 8.42 Å². The molecule has 2 aromatic rings. The lowest BCUT2D eigenvalue weighted by Crippen LogP contribution is -2.48. The number of carbonyl (C=O) groups is 1. The first-order valence-electron chi connectivity index (χ1n) is 10.6. The van der Waals surface area contributed by atoms with E-state index < -0.39 is 10.0 Å². The predicted molar refractivity (Wildman–Crippen MR) is 119 cm³/mol. The minimum Gasteiger partial charge on any atom is -0.352 e. The van der Waals surface area contributed by atoms with Crippen LogP contribution in [0.5, 0.6) is 0 Å². The minimum absolute atomic E-state index is 0.0423. The highest BCUT2D eigenvalue weighted by Gasteiger charge is 2.28. The maximum atomic E-state index is 12.9. The summed E-state index contributed by atoms with van der Waals surface area (Å²) >= 11 is 0. The van der Waals surface area contributed by atoms with Gasteiger partial charge in [-0.1, -0.05) is 43.2 Å². The van der Waals surface area contributed by atoms with Crippen molar-refractivity contribution < 1.29 is 13.2 Å². The Kier molecular flexibility index (Phi) is 7.64. The van der Waals surface area contributed by atoms with Gasteiger partial charge in [0.1, 0.15) is 0 Å². The number of amides is 1. The molecule has 0 aliphatic carbocycles. The molecule has 0 aromatic heterocycles. The molecule has 3 rings (SSSR count). The van der Waals surface area contributed by atoms with Crippen molar-refractivity contribution in [1.82, 2.24) is 14.5 Å². The largest absolute Gasteiger partial charge is 0.352 e. The van der Waals surface area contributed by atoms with Crippen LogP contribution in [0.2, 0.25) is 0 Å². The van der Waals surface area contributed by atoms with Crippen molar-refractivity contribution in [2.45, 2.75) is 38.1 Å². The van der Waals surface area contributed by atoms with E-state index >= 15 is 0 Å². The quantitative estimate of drug-likeness (QED) is 0.655. The smallest absolute Gasteiger partial charge is 0.251 e. The molecular formula is C23H31N3O3S. The summed E-state index contributed by atoms with van der Waals surface area (Å²) in [6.45, 7) is 7.69. The topological polar surface area (TPSA) is 69.7 Å². The van der Waals surface area contributed by atoms with Crippen LogP contribution in [0.1, 0.15) is 41.3 Å². The molecule has 0 spiro atoms. The number of hydrogen-bond donors (Lipinski definition) is 1. The molecule has 1 N–H and O–H groups in total. The van der Waals surface area contributed by atoms with E-state index in [1.165, 1.54) is 0 Å². The Morgan fingerprint density at radius 1 is 1.03 bits per heavy atom. The summed E-state index contributed by atoms with van der Waals surface area (Å²) < 4.78 is 27.3. The van der Waals surface area contributed by atoms with E-state index in [1.807, 2.05) is 43.3 Å². The Morgan fingerprint density at radius 2 is 1.73 bits per heavy atom. The Labute approximate surface area is 179 Å². The predicted octanol–water partition coefficient (Wildman–Crippen LogP) is 3.03. The number of benzene rings is 2. The van der Waals surface area contributed by atoms with Crippen LogP contribution in [0.4, 0.5) is 0 Å². The molecule has 0 bridgehead atoms. The molecule has 2 aromatic carbocycles. The second kappa shape index (κ2) is 10.2. The lowest BCUT2D eigenvalue weighted by molar-refractivity contribution is 0.0953. The SMILES string of the molecule is CCCCNC(=O)c1cccc(CN2CCN(S(=O)(=O)c3ccc(C)cc3)CC2)c1. The van der Waals surface area contributed by atoms with Crippen LogP contribution in [0.15, 0.2) is 53.4 Å². The Hall–Kier alpha value is -2.22. The number of piperazine rings is 1. The summed E-state index contributed by atoms with van der Waals surface area (Å²) in [5.74, 6) is -0.0423. The van der Waals surface area contributed by atoms with Gasteiger partial charge in [-0.05, 0) is 43.2 Å². The molecule has 7 heteroatoms. The molecule has 1 heterocycles. The second-order valence-electron chi connectivity index (χ2n) is 7.80. The van der Waals surface area contributed by atoms with Gasteiger partial charge in [0.25, 0.3) is 5.91 Å². The zero-order valence-electron chi connectivity index (χ0n) is 17.8. The molecule has 162 valence electrons. The minimum atomic E-state index is -3.45. The van der Waals surface area contributed by atoms with Crippen molar-refractivity contribution >= 4 is 15.9 Å². The van der Waals surface area contributed by atoms with Gasteiger partial charge in [0.15, 0.2) is 0 Å². The fraction of sp³-hybridized carbons (Fsp3) is 0.435. The number of rotatable bonds is 8. The van der Waals surface area contributed by atoms with Crippen LogP contribution in [-0.4, -0.2) is 56.3 Å². The van der Waals surface area contributed by atoms with E-state index in [2.05, 4.69) is 17.1 Å². The van der Waals surface area contributed by atoms with Crippen LogP contribution in [0.3, 0.4) is 0 Å². The van der Waals surface area contributed by atoms with Crippen molar-refractivity contribution in [1.29, 1.82) is 0 Å². The van der Waals surface area contributed by atoms with Gasteiger partial charge < -0.3 is 5.32 Å². The lowest BCUT2D eigenvalue weighted by atomic mass is 10.1. The Bertz CT molecular complexity index is 950. The van der Waals surface area contributed by atoms with Crippen LogP contribution < -0.4 is 5.32 Å². The molecule has 30 heavy (non-hydrogen) atoms. The first kappa shape index (κ1) is 22.5. The summed E-state index contributed by atoms with van der Waals surface area (Å²) in [7, 11) is -3.45. The number of nitrogens with zero attached hydrogens (tertiary/aromatic N) is 2. The van der Waals surface area contributed by atoms with Crippen molar-refractivity contribution in [3.63, 3.8) is 0 Å². The molecule has 1 saturated heterocycles. The highest BCUT2D eigenvalue weighted by molar-refractivity contribution is 7.89. The average Bonchev–Trinajstić information content (AvgIpc) is 2.75. The van der Waals surface area contributed by atoms with E-state index in [1.54, 1.807) is 16.4 Å². The van der Waals surface area contributed by atoms with Gasteiger partial charge in [0.2, 0.25) is 10.0 Å². The third kappa shape index (κ3) is 5.68. The van der Waals surface area contributed by atoms with Gasteiger partial charge in [-0.2, -0.15) is 4.31 Å². The number of unbranched alkanes of at least 4 members (excludes halogenated alkanes) is 1. The number of hydrogen-bond acceptors (Lipinski definition) is 4. The van der Waals surface area contributed by atoms with Crippen molar-refractivity contribution in [2.24, 2.45) is 0 Å². The molecule has 1 aliphatic rings. The van der Waals surface area contributed by atoms with Crippen molar-refractivity contribution in [3.8, 4) is 0 Å². The molecule has 0 unspecified atom stereocenters. The molecule has 0 radical (unpaired) electrons. The summed E-state index contributed by atoms with van der Waals surface area (Å²) in [6.07, 6.45) is 2.02. The van der Waals surface area contributed by atoms with Gasteiger partial charge in [0.05, 0.1) is 4.90 Å². The third-order valence-electron chi connectivity index (χ3n) is 5.40. The van der Waals surface area contributed by atoms with Gasteiger partial charge in [-0.15, -0.1) is 0 Å². The van der Waals surface area contributed by atoms with Gasteiger partial charge >= 0.3 is 0 Å². The van der Waals surface area contributed by atoms with Gasteiger partial charge in [-0.3, -0.25) is 9.69 Å². The Balaban J connectivity index is 1.56. The first-order valence-corrected chi connectivity index (χ1v) is 12.0. The molecular weight excluding hydrogens is 398 g/mol. The summed E-state index contributed by atoms with van der Waals surface area (Å²) in [5.41, 5.74) is 2.78. The second-order valence-corrected chi connectivity index (χ2v) is 9.74. The van der Waals surface area contributed by atoms with Crippen molar-refractivity contribution in [3.05, 3.63) is 65.2 Å². The molecule has 1 aliphatic heterocycles. The molecule has 1 fully saturated rings. The van der Waals surface area contributed by atoms with Crippen LogP contribution in [0, 0.1) is 6.92 Å². The molecule has 6 nitrogen and oxygen atoms in total. The van der Waals surface area contributed by atoms with Gasteiger partial charge in [0, 0.05) is 44.8 Å². The van der Waals surface area contributed by atoms with Crippen molar-refractivity contribution in [2.75, 3.05) is 32.7 Å².